The third-order valence-electron chi connectivity index (χ3n) is 7.72. The molecule has 1 amide bonds. The van der Waals surface area contributed by atoms with Gasteiger partial charge in [-0.3, -0.25) is 4.79 Å². The van der Waals surface area contributed by atoms with E-state index in [0.717, 1.165) is 65.9 Å². The van der Waals surface area contributed by atoms with Crippen LogP contribution in [-0.4, -0.2) is 65.3 Å². The van der Waals surface area contributed by atoms with Gasteiger partial charge in [-0.15, -0.1) is 0 Å². The molecular formula is C32H39N5O3. The number of amides is 1. The lowest BCUT2D eigenvalue weighted by molar-refractivity contribution is -0.132. The van der Waals surface area contributed by atoms with E-state index in [4.69, 9.17) is 20.2 Å². The van der Waals surface area contributed by atoms with Gasteiger partial charge in [-0.1, -0.05) is 36.4 Å². The van der Waals surface area contributed by atoms with E-state index in [-0.39, 0.29) is 17.9 Å². The molecule has 8 nitrogen and oxygen atoms in total. The van der Waals surface area contributed by atoms with E-state index in [1.165, 1.54) is 0 Å². The highest BCUT2D eigenvalue weighted by atomic mass is 16.5. The Kier molecular flexibility index (Phi) is 9.08. The van der Waals surface area contributed by atoms with E-state index >= 15 is 0 Å². The van der Waals surface area contributed by atoms with Crippen LogP contribution in [0.1, 0.15) is 43.0 Å². The molecule has 2 aromatic carbocycles. The lowest BCUT2D eigenvalue weighted by Gasteiger charge is -2.33. The molecule has 3 heterocycles. The zero-order chi connectivity index (χ0) is 27.9. The summed E-state index contributed by atoms with van der Waals surface area (Å²) in [6.07, 6.45) is 5.60. The molecular weight excluding hydrogens is 502 g/mol. The number of nitrogens with zero attached hydrogens (tertiary/aromatic N) is 4. The molecule has 0 saturated carbocycles. The number of para-hydroxylation sites is 2. The molecule has 2 aromatic heterocycles. The molecule has 210 valence electrons. The zero-order valence-corrected chi connectivity index (χ0v) is 23.5. The predicted octanol–water partition coefficient (Wildman–Crippen LogP) is 4.81. The van der Waals surface area contributed by atoms with Crippen molar-refractivity contribution in [3.05, 3.63) is 78.2 Å². The maximum atomic E-state index is 13.3. The van der Waals surface area contributed by atoms with Crippen molar-refractivity contribution in [2.45, 2.75) is 50.6 Å². The molecule has 0 aliphatic carbocycles. The van der Waals surface area contributed by atoms with Gasteiger partial charge in [-0.05, 0) is 61.1 Å². The number of nitrogens with two attached hydrogens (primary N) is 1. The van der Waals surface area contributed by atoms with E-state index in [1.807, 2.05) is 23.1 Å². The Morgan fingerprint density at radius 2 is 1.93 bits per heavy atom. The number of ether oxygens (including phenoxy) is 2. The third-order valence-corrected chi connectivity index (χ3v) is 7.72. The number of likely N-dealkylation sites (tertiary alicyclic amines) is 1. The molecule has 0 bridgehead atoms. The average molecular weight is 542 g/mol. The van der Waals surface area contributed by atoms with Crippen LogP contribution in [0, 0.1) is 0 Å². The summed E-state index contributed by atoms with van der Waals surface area (Å²) in [4.78, 5) is 24.6. The first-order chi connectivity index (χ1) is 19.6. The van der Waals surface area contributed by atoms with Crippen LogP contribution in [-0.2, 0) is 22.5 Å². The minimum absolute atomic E-state index is 0.121. The van der Waals surface area contributed by atoms with Crippen LogP contribution in [0.3, 0.4) is 0 Å². The maximum Gasteiger partial charge on any atom is 0.224 e. The Bertz CT molecular complexity index is 1420. The second-order valence-electron chi connectivity index (χ2n) is 10.6. The van der Waals surface area contributed by atoms with Crippen molar-refractivity contribution >= 4 is 16.9 Å². The van der Waals surface area contributed by atoms with Crippen LogP contribution >= 0.6 is 0 Å². The summed E-state index contributed by atoms with van der Waals surface area (Å²) in [6, 6.07) is 20.2. The SMILES string of the molecule is COCCCn1c(C2CCCN(C(=O)CC(N)Cc3ccc(-c4cccnc4OC)cc3)C2)nc2ccccc21. The van der Waals surface area contributed by atoms with Crippen molar-refractivity contribution in [3.63, 3.8) is 0 Å². The number of benzene rings is 2. The number of rotatable bonds is 11. The minimum atomic E-state index is -0.245. The molecule has 2 N–H and O–H groups in total. The molecule has 2 unspecified atom stereocenters. The summed E-state index contributed by atoms with van der Waals surface area (Å²) in [5, 5.41) is 0. The van der Waals surface area contributed by atoms with Gasteiger partial charge >= 0.3 is 0 Å². The Labute approximate surface area is 236 Å². The molecule has 2 atom stereocenters. The number of fused-ring (bicyclic) bond motifs is 1. The first-order valence-electron chi connectivity index (χ1n) is 14.1. The summed E-state index contributed by atoms with van der Waals surface area (Å²) in [6.45, 7) is 3.01. The highest BCUT2D eigenvalue weighted by molar-refractivity contribution is 5.78. The number of pyridine rings is 1. The lowest BCUT2D eigenvalue weighted by Crippen LogP contribution is -2.42. The van der Waals surface area contributed by atoms with Gasteiger partial charge < -0.3 is 24.7 Å². The van der Waals surface area contributed by atoms with Crippen LogP contribution in [0.5, 0.6) is 5.88 Å². The number of carbonyl (C=O) groups is 1. The van der Waals surface area contributed by atoms with Crippen molar-refractivity contribution < 1.29 is 14.3 Å². The van der Waals surface area contributed by atoms with Crippen molar-refractivity contribution in [2.75, 3.05) is 33.9 Å². The molecule has 1 fully saturated rings. The molecule has 1 aliphatic heterocycles. The van der Waals surface area contributed by atoms with Crippen molar-refractivity contribution in [3.8, 4) is 17.0 Å². The number of hydrogen-bond donors (Lipinski definition) is 1. The molecule has 40 heavy (non-hydrogen) atoms. The van der Waals surface area contributed by atoms with Crippen molar-refractivity contribution in [1.29, 1.82) is 0 Å². The number of carbonyl (C=O) groups excluding carboxylic acids is 1. The first-order valence-corrected chi connectivity index (χ1v) is 14.1. The normalized spacial score (nSPS) is 16.3. The number of aryl methyl sites for hydroxylation is 1. The summed E-state index contributed by atoms with van der Waals surface area (Å²) < 4.78 is 13.0. The molecule has 0 radical (unpaired) electrons. The van der Waals surface area contributed by atoms with Crippen LogP contribution in [0.2, 0.25) is 0 Å². The monoisotopic (exact) mass is 541 g/mol. The van der Waals surface area contributed by atoms with Gasteiger partial charge in [-0.2, -0.15) is 0 Å². The fraction of sp³-hybridized carbons (Fsp3) is 0.406. The summed E-state index contributed by atoms with van der Waals surface area (Å²) in [7, 11) is 3.36. The van der Waals surface area contributed by atoms with Gasteiger partial charge in [0.25, 0.3) is 0 Å². The first kappa shape index (κ1) is 27.8. The highest BCUT2D eigenvalue weighted by Gasteiger charge is 2.29. The zero-order valence-electron chi connectivity index (χ0n) is 23.5. The van der Waals surface area contributed by atoms with Gasteiger partial charge in [0.05, 0.1) is 18.1 Å². The second-order valence-corrected chi connectivity index (χ2v) is 10.6. The molecule has 5 rings (SSSR count). The van der Waals surface area contributed by atoms with Crippen LogP contribution in [0.15, 0.2) is 66.9 Å². The fourth-order valence-corrected chi connectivity index (χ4v) is 5.74. The van der Waals surface area contributed by atoms with E-state index < -0.39 is 0 Å². The topological polar surface area (TPSA) is 95.5 Å². The molecule has 8 heteroatoms. The Morgan fingerprint density at radius 3 is 2.73 bits per heavy atom. The van der Waals surface area contributed by atoms with E-state index in [0.29, 0.717) is 31.9 Å². The van der Waals surface area contributed by atoms with Gasteiger partial charge in [0.2, 0.25) is 11.8 Å². The van der Waals surface area contributed by atoms with Crippen molar-refractivity contribution in [1.82, 2.24) is 19.4 Å². The average Bonchev–Trinajstić information content (AvgIpc) is 3.36. The number of methoxy groups -OCH3 is 2. The van der Waals surface area contributed by atoms with Gasteiger partial charge in [0, 0.05) is 63.5 Å². The number of imidazole rings is 1. The Morgan fingerprint density at radius 1 is 1.10 bits per heavy atom. The molecule has 1 saturated heterocycles. The van der Waals surface area contributed by atoms with Crippen LogP contribution in [0.25, 0.3) is 22.2 Å². The summed E-state index contributed by atoms with van der Waals surface area (Å²) in [5.74, 6) is 2.00. The Hall–Kier alpha value is -3.75. The van der Waals surface area contributed by atoms with E-state index in [2.05, 4.69) is 52.0 Å². The fourth-order valence-electron chi connectivity index (χ4n) is 5.74. The number of hydrogen-bond acceptors (Lipinski definition) is 6. The van der Waals surface area contributed by atoms with Crippen LogP contribution < -0.4 is 10.5 Å². The standard InChI is InChI=1S/C32H39N5O3/c1-39-19-7-18-37-29-11-4-3-10-28(29)35-31(37)25-8-6-17-36(22-25)30(38)21-26(33)20-23-12-14-24(15-13-23)27-9-5-16-34-32(27)40-2/h3-5,9-16,25-26H,6-8,17-22,33H2,1-2H3. The predicted molar refractivity (Wildman–Crippen MR) is 157 cm³/mol. The minimum Gasteiger partial charge on any atom is -0.481 e. The van der Waals surface area contributed by atoms with E-state index in [9.17, 15) is 4.79 Å². The highest BCUT2D eigenvalue weighted by Crippen LogP contribution is 2.31. The van der Waals surface area contributed by atoms with Gasteiger partial charge in [0.15, 0.2) is 0 Å². The maximum absolute atomic E-state index is 13.3. The second kappa shape index (κ2) is 13.1. The Balaban J connectivity index is 1.21. The third kappa shape index (κ3) is 6.35. The molecule has 0 spiro atoms. The lowest BCUT2D eigenvalue weighted by atomic mass is 9.95. The summed E-state index contributed by atoms with van der Waals surface area (Å²) >= 11 is 0. The quantitative estimate of drug-likeness (QED) is 0.274. The molecule has 1 aliphatic rings. The smallest absolute Gasteiger partial charge is 0.224 e. The summed E-state index contributed by atoms with van der Waals surface area (Å²) in [5.41, 5.74) is 11.7. The van der Waals surface area contributed by atoms with Gasteiger partial charge in [-0.25, -0.2) is 9.97 Å². The van der Waals surface area contributed by atoms with Crippen LogP contribution in [0.4, 0.5) is 0 Å². The van der Waals surface area contributed by atoms with Crippen molar-refractivity contribution in [2.24, 2.45) is 5.73 Å². The molecule has 4 aromatic rings. The van der Waals surface area contributed by atoms with E-state index in [1.54, 1.807) is 20.4 Å². The largest absolute Gasteiger partial charge is 0.481 e. The number of piperidine rings is 1. The van der Waals surface area contributed by atoms with Gasteiger partial charge in [0.1, 0.15) is 5.82 Å². The number of aromatic nitrogens is 3.